The van der Waals surface area contributed by atoms with E-state index in [0.717, 1.165) is 18.4 Å². The summed E-state index contributed by atoms with van der Waals surface area (Å²) in [5.41, 5.74) is 2.08. The van der Waals surface area contributed by atoms with E-state index in [2.05, 4.69) is 5.32 Å². The Morgan fingerprint density at radius 2 is 1.93 bits per heavy atom. The molecule has 28 heavy (non-hydrogen) atoms. The summed E-state index contributed by atoms with van der Waals surface area (Å²) in [6.07, 6.45) is 3.16. The van der Waals surface area contributed by atoms with Gasteiger partial charge in [-0.25, -0.2) is 0 Å². The highest BCUT2D eigenvalue weighted by atomic mass is 16.6. The van der Waals surface area contributed by atoms with Crippen molar-refractivity contribution in [2.24, 2.45) is 5.92 Å². The predicted octanol–water partition coefficient (Wildman–Crippen LogP) is 3.86. The number of ether oxygens (including phenoxy) is 2. The van der Waals surface area contributed by atoms with Crippen molar-refractivity contribution < 1.29 is 19.1 Å². The number of para-hydroxylation sites is 1. The molecule has 142 valence electrons. The standard InChI is InChI=1S/C22H20N2O4/c1-14-5-3-4-6-18(14)24-21(25)17(13-23)11-15-7-10-19(20(12-15)27-2)28-22(26)16-8-9-16/h3-7,10-12,16H,8-9H2,1-2H3,(H,24,25)/b17-11+. The van der Waals surface area contributed by atoms with Gasteiger partial charge < -0.3 is 14.8 Å². The summed E-state index contributed by atoms with van der Waals surface area (Å²) >= 11 is 0. The molecular weight excluding hydrogens is 356 g/mol. The molecule has 0 aliphatic heterocycles. The number of nitrogens with one attached hydrogen (secondary N) is 1. The van der Waals surface area contributed by atoms with Gasteiger partial charge in [0.1, 0.15) is 11.6 Å². The highest BCUT2D eigenvalue weighted by molar-refractivity contribution is 6.10. The molecule has 0 bridgehead atoms. The molecular formula is C22H20N2O4. The second kappa shape index (κ2) is 8.40. The Balaban J connectivity index is 1.79. The summed E-state index contributed by atoms with van der Waals surface area (Å²) < 4.78 is 10.6. The van der Waals surface area contributed by atoms with Crippen LogP contribution in [0.15, 0.2) is 48.0 Å². The number of nitriles is 1. The van der Waals surface area contributed by atoms with E-state index in [1.807, 2.05) is 31.2 Å². The molecule has 0 saturated heterocycles. The van der Waals surface area contributed by atoms with Crippen molar-refractivity contribution >= 4 is 23.6 Å². The number of methoxy groups -OCH3 is 1. The van der Waals surface area contributed by atoms with Crippen LogP contribution in [0.3, 0.4) is 0 Å². The van der Waals surface area contributed by atoms with Crippen LogP contribution in [0, 0.1) is 24.2 Å². The number of esters is 1. The van der Waals surface area contributed by atoms with Crippen LogP contribution in [-0.4, -0.2) is 19.0 Å². The molecule has 6 nitrogen and oxygen atoms in total. The first kappa shape index (κ1) is 19.2. The van der Waals surface area contributed by atoms with Crippen molar-refractivity contribution in [1.29, 1.82) is 5.26 Å². The van der Waals surface area contributed by atoms with Crippen molar-refractivity contribution in [3.8, 4) is 17.6 Å². The molecule has 0 atom stereocenters. The summed E-state index contributed by atoms with van der Waals surface area (Å²) in [7, 11) is 1.47. The maximum Gasteiger partial charge on any atom is 0.314 e. The van der Waals surface area contributed by atoms with Crippen LogP contribution in [0.25, 0.3) is 6.08 Å². The van der Waals surface area contributed by atoms with Gasteiger partial charge in [0.2, 0.25) is 0 Å². The number of carbonyl (C=O) groups excluding carboxylic acids is 2. The molecule has 1 aliphatic carbocycles. The molecule has 6 heteroatoms. The molecule has 1 aliphatic rings. The minimum Gasteiger partial charge on any atom is -0.493 e. The zero-order chi connectivity index (χ0) is 20.1. The Hall–Kier alpha value is -3.59. The third-order valence-electron chi connectivity index (χ3n) is 4.38. The maximum atomic E-state index is 12.4. The van der Waals surface area contributed by atoms with E-state index in [-0.39, 0.29) is 17.5 Å². The molecule has 0 aromatic heterocycles. The molecule has 1 amide bonds. The van der Waals surface area contributed by atoms with Gasteiger partial charge in [-0.3, -0.25) is 9.59 Å². The van der Waals surface area contributed by atoms with Crippen LogP contribution < -0.4 is 14.8 Å². The number of hydrogen-bond acceptors (Lipinski definition) is 5. The van der Waals surface area contributed by atoms with Gasteiger partial charge in [-0.1, -0.05) is 24.3 Å². The average Bonchev–Trinajstić information content (AvgIpc) is 3.54. The molecule has 1 N–H and O–H groups in total. The van der Waals surface area contributed by atoms with E-state index < -0.39 is 5.91 Å². The maximum absolute atomic E-state index is 12.4. The molecule has 2 aromatic carbocycles. The number of rotatable bonds is 6. The van der Waals surface area contributed by atoms with E-state index in [4.69, 9.17) is 9.47 Å². The Bertz CT molecular complexity index is 984. The topological polar surface area (TPSA) is 88.4 Å². The zero-order valence-corrected chi connectivity index (χ0v) is 15.7. The molecule has 0 heterocycles. The number of hydrogen-bond donors (Lipinski definition) is 1. The van der Waals surface area contributed by atoms with Crippen LogP contribution in [0.2, 0.25) is 0 Å². The number of nitrogens with zero attached hydrogens (tertiary/aromatic N) is 1. The second-order valence-corrected chi connectivity index (χ2v) is 6.54. The largest absolute Gasteiger partial charge is 0.493 e. The molecule has 0 unspecified atom stereocenters. The lowest BCUT2D eigenvalue weighted by atomic mass is 10.1. The Morgan fingerprint density at radius 1 is 1.18 bits per heavy atom. The second-order valence-electron chi connectivity index (χ2n) is 6.54. The van der Waals surface area contributed by atoms with Crippen LogP contribution in [0.1, 0.15) is 24.0 Å². The SMILES string of the molecule is COc1cc(/C=C(\C#N)C(=O)Nc2ccccc2C)ccc1OC(=O)C1CC1. The highest BCUT2D eigenvalue weighted by Gasteiger charge is 2.32. The summed E-state index contributed by atoms with van der Waals surface area (Å²) in [6.45, 7) is 1.87. The fourth-order valence-corrected chi connectivity index (χ4v) is 2.59. The molecule has 1 fully saturated rings. The minimum atomic E-state index is -0.500. The van der Waals surface area contributed by atoms with Crippen molar-refractivity contribution in [3.63, 3.8) is 0 Å². The Morgan fingerprint density at radius 3 is 2.57 bits per heavy atom. The fraction of sp³-hybridized carbons (Fsp3) is 0.227. The zero-order valence-electron chi connectivity index (χ0n) is 15.7. The van der Waals surface area contributed by atoms with Crippen LogP contribution >= 0.6 is 0 Å². The summed E-state index contributed by atoms with van der Waals surface area (Å²) in [4.78, 5) is 24.3. The molecule has 2 aromatic rings. The van der Waals surface area contributed by atoms with Crippen LogP contribution in [0.5, 0.6) is 11.5 Å². The normalized spacial score (nSPS) is 13.4. The van der Waals surface area contributed by atoms with Gasteiger partial charge >= 0.3 is 5.97 Å². The molecule has 0 radical (unpaired) electrons. The lowest BCUT2D eigenvalue weighted by Crippen LogP contribution is -2.14. The van der Waals surface area contributed by atoms with E-state index in [1.54, 1.807) is 24.3 Å². The highest BCUT2D eigenvalue weighted by Crippen LogP contribution is 2.34. The van der Waals surface area contributed by atoms with Crippen molar-refractivity contribution in [2.45, 2.75) is 19.8 Å². The first-order valence-electron chi connectivity index (χ1n) is 8.90. The Labute approximate surface area is 163 Å². The first-order valence-corrected chi connectivity index (χ1v) is 8.90. The fourth-order valence-electron chi connectivity index (χ4n) is 2.59. The smallest absolute Gasteiger partial charge is 0.314 e. The number of carbonyl (C=O) groups is 2. The molecule has 0 spiro atoms. The summed E-state index contributed by atoms with van der Waals surface area (Å²) in [6, 6.07) is 14.1. The average molecular weight is 376 g/mol. The van der Waals surface area contributed by atoms with Crippen molar-refractivity contribution in [3.05, 3.63) is 59.2 Å². The summed E-state index contributed by atoms with van der Waals surface area (Å²) in [5, 5.41) is 12.1. The quantitative estimate of drug-likeness (QED) is 0.358. The van der Waals surface area contributed by atoms with Crippen molar-refractivity contribution in [1.82, 2.24) is 0 Å². The first-order chi connectivity index (χ1) is 13.5. The van der Waals surface area contributed by atoms with Gasteiger partial charge in [0.25, 0.3) is 5.91 Å². The van der Waals surface area contributed by atoms with E-state index in [0.29, 0.717) is 22.7 Å². The third kappa shape index (κ3) is 4.57. The van der Waals surface area contributed by atoms with Gasteiger partial charge in [-0.2, -0.15) is 5.26 Å². The van der Waals surface area contributed by atoms with E-state index in [9.17, 15) is 14.9 Å². The number of amides is 1. The lowest BCUT2D eigenvalue weighted by molar-refractivity contribution is -0.135. The number of benzene rings is 2. The van der Waals surface area contributed by atoms with Crippen LogP contribution in [0.4, 0.5) is 5.69 Å². The van der Waals surface area contributed by atoms with E-state index >= 15 is 0 Å². The van der Waals surface area contributed by atoms with Gasteiger partial charge in [-0.15, -0.1) is 0 Å². The number of anilines is 1. The minimum absolute atomic E-state index is 0.0281. The lowest BCUT2D eigenvalue weighted by Gasteiger charge is -2.10. The predicted molar refractivity (Wildman–Crippen MR) is 105 cm³/mol. The van der Waals surface area contributed by atoms with Gasteiger partial charge in [-0.05, 0) is 55.2 Å². The van der Waals surface area contributed by atoms with Gasteiger partial charge in [0, 0.05) is 5.69 Å². The van der Waals surface area contributed by atoms with Gasteiger partial charge in [0.15, 0.2) is 11.5 Å². The van der Waals surface area contributed by atoms with E-state index in [1.165, 1.54) is 13.2 Å². The molecule has 1 saturated carbocycles. The van der Waals surface area contributed by atoms with Crippen LogP contribution in [-0.2, 0) is 9.59 Å². The number of aryl methyl sites for hydroxylation is 1. The van der Waals surface area contributed by atoms with Crippen molar-refractivity contribution in [2.75, 3.05) is 12.4 Å². The molecule has 3 rings (SSSR count). The third-order valence-corrected chi connectivity index (χ3v) is 4.38. The Kier molecular flexibility index (Phi) is 5.75. The van der Waals surface area contributed by atoms with Gasteiger partial charge in [0.05, 0.1) is 13.0 Å². The monoisotopic (exact) mass is 376 g/mol. The summed E-state index contributed by atoms with van der Waals surface area (Å²) in [5.74, 6) is -0.115.